The minimum absolute atomic E-state index is 0.438. The predicted molar refractivity (Wildman–Crippen MR) is 78.6 cm³/mol. The standard InChI is InChI=1S/C15H17N5/c1-11(2)16-10-12-6-5-9-15(17-12)20-14-8-4-3-7-13(14)18-19-20/h3-9,11,16H,10H2,1-2H3. The van der Waals surface area contributed by atoms with Crippen molar-refractivity contribution < 1.29 is 0 Å². The van der Waals surface area contributed by atoms with E-state index in [1.54, 1.807) is 4.68 Å². The highest BCUT2D eigenvalue weighted by Gasteiger charge is 2.07. The second-order valence-corrected chi connectivity index (χ2v) is 5.01. The van der Waals surface area contributed by atoms with E-state index in [4.69, 9.17) is 0 Å². The molecule has 0 aliphatic rings. The Morgan fingerprint density at radius 3 is 2.80 bits per heavy atom. The fourth-order valence-corrected chi connectivity index (χ4v) is 2.03. The van der Waals surface area contributed by atoms with Crippen LogP contribution in [0.3, 0.4) is 0 Å². The van der Waals surface area contributed by atoms with E-state index in [2.05, 4.69) is 34.5 Å². The highest BCUT2D eigenvalue weighted by Crippen LogP contribution is 2.14. The molecule has 0 aliphatic heterocycles. The second kappa shape index (κ2) is 5.38. The molecule has 0 radical (unpaired) electrons. The van der Waals surface area contributed by atoms with E-state index >= 15 is 0 Å². The van der Waals surface area contributed by atoms with Crippen molar-refractivity contribution in [2.45, 2.75) is 26.4 Å². The predicted octanol–water partition coefficient (Wildman–Crippen LogP) is 2.31. The lowest BCUT2D eigenvalue weighted by molar-refractivity contribution is 0.580. The molecular weight excluding hydrogens is 250 g/mol. The summed E-state index contributed by atoms with van der Waals surface area (Å²) in [5, 5.41) is 11.7. The van der Waals surface area contributed by atoms with Crippen molar-refractivity contribution in [3.8, 4) is 5.82 Å². The Bertz CT molecular complexity index is 717. The van der Waals surface area contributed by atoms with Crippen LogP contribution in [0.4, 0.5) is 0 Å². The Morgan fingerprint density at radius 2 is 1.95 bits per heavy atom. The first-order valence-corrected chi connectivity index (χ1v) is 6.74. The molecule has 0 amide bonds. The van der Waals surface area contributed by atoms with Crippen molar-refractivity contribution in [2.75, 3.05) is 0 Å². The molecule has 0 saturated heterocycles. The van der Waals surface area contributed by atoms with Gasteiger partial charge in [-0.25, -0.2) is 4.98 Å². The zero-order valence-electron chi connectivity index (χ0n) is 11.6. The Hall–Kier alpha value is -2.27. The van der Waals surface area contributed by atoms with Crippen molar-refractivity contribution in [3.05, 3.63) is 48.2 Å². The number of hydrogen-bond donors (Lipinski definition) is 1. The molecule has 102 valence electrons. The number of para-hydroxylation sites is 1. The second-order valence-electron chi connectivity index (χ2n) is 5.01. The number of nitrogens with one attached hydrogen (secondary N) is 1. The van der Waals surface area contributed by atoms with Crippen LogP contribution in [0.5, 0.6) is 0 Å². The number of rotatable bonds is 4. The molecule has 0 spiro atoms. The zero-order valence-corrected chi connectivity index (χ0v) is 11.6. The van der Waals surface area contributed by atoms with Crippen molar-refractivity contribution in [3.63, 3.8) is 0 Å². The maximum Gasteiger partial charge on any atom is 0.156 e. The van der Waals surface area contributed by atoms with Gasteiger partial charge in [0.05, 0.1) is 11.2 Å². The molecule has 5 heteroatoms. The van der Waals surface area contributed by atoms with Crippen molar-refractivity contribution in [2.24, 2.45) is 0 Å². The molecule has 0 fully saturated rings. The van der Waals surface area contributed by atoms with E-state index in [1.807, 2.05) is 42.5 Å². The fraction of sp³-hybridized carbons (Fsp3) is 0.267. The summed E-state index contributed by atoms with van der Waals surface area (Å²) in [5.74, 6) is 0.793. The molecule has 3 aromatic rings. The summed E-state index contributed by atoms with van der Waals surface area (Å²) in [6.45, 7) is 4.99. The summed E-state index contributed by atoms with van der Waals surface area (Å²) in [5.41, 5.74) is 2.84. The summed E-state index contributed by atoms with van der Waals surface area (Å²) in [7, 11) is 0. The molecule has 1 N–H and O–H groups in total. The summed E-state index contributed by atoms with van der Waals surface area (Å²) in [4.78, 5) is 4.64. The average Bonchev–Trinajstić information content (AvgIpc) is 2.89. The SMILES string of the molecule is CC(C)NCc1cccc(-n2nnc3ccccc32)n1. The fourth-order valence-electron chi connectivity index (χ4n) is 2.03. The Kier molecular flexibility index (Phi) is 3.43. The average molecular weight is 267 g/mol. The number of fused-ring (bicyclic) bond motifs is 1. The first-order valence-electron chi connectivity index (χ1n) is 6.74. The van der Waals surface area contributed by atoms with Crippen LogP contribution in [0.25, 0.3) is 16.9 Å². The van der Waals surface area contributed by atoms with Gasteiger partial charge in [0.1, 0.15) is 5.52 Å². The summed E-state index contributed by atoms with van der Waals surface area (Å²) < 4.78 is 1.77. The van der Waals surface area contributed by atoms with Gasteiger partial charge in [0.25, 0.3) is 0 Å². The van der Waals surface area contributed by atoms with Gasteiger partial charge < -0.3 is 5.32 Å². The molecule has 0 saturated carbocycles. The lowest BCUT2D eigenvalue weighted by Gasteiger charge is -2.08. The summed E-state index contributed by atoms with van der Waals surface area (Å²) in [6.07, 6.45) is 0. The van der Waals surface area contributed by atoms with Crippen LogP contribution >= 0.6 is 0 Å². The minimum atomic E-state index is 0.438. The molecule has 5 nitrogen and oxygen atoms in total. The van der Waals surface area contributed by atoms with E-state index in [9.17, 15) is 0 Å². The number of aromatic nitrogens is 4. The third-order valence-electron chi connectivity index (χ3n) is 3.05. The molecule has 0 aliphatic carbocycles. The van der Waals surface area contributed by atoms with E-state index in [0.29, 0.717) is 6.04 Å². The van der Waals surface area contributed by atoms with Crippen LogP contribution in [0.1, 0.15) is 19.5 Å². The Balaban J connectivity index is 1.95. The van der Waals surface area contributed by atoms with Gasteiger partial charge in [0.15, 0.2) is 5.82 Å². The molecule has 0 atom stereocenters. The number of pyridine rings is 1. The van der Waals surface area contributed by atoms with Gasteiger partial charge in [-0.3, -0.25) is 0 Å². The molecule has 0 bridgehead atoms. The van der Waals surface area contributed by atoms with Crippen molar-refractivity contribution in [1.82, 2.24) is 25.3 Å². The van der Waals surface area contributed by atoms with Gasteiger partial charge in [-0.1, -0.05) is 37.3 Å². The number of hydrogen-bond acceptors (Lipinski definition) is 4. The lowest BCUT2D eigenvalue weighted by Crippen LogP contribution is -2.22. The Morgan fingerprint density at radius 1 is 1.10 bits per heavy atom. The smallest absolute Gasteiger partial charge is 0.156 e. The van der Waals surface area contributed by atoms with Gasteiger partial charge in [0.2, 0.25) is 0 Å². The maximum absolute atomic E-state index is 4.64. The van der Waals surface area contributed by atoms with Gasteiger partial charge >= 0.3 is 0 Å². The van der Waals surface area contributed by atoms with E-state index < -0.39 is 0 Å². The third kappa shape index (κ3) is 2.53. The molecule has 0 unspecified atom stereocenters. The van der Waals surface area contributed by atoms with Crippen LogP contribution < -0.4 is 5.32 Å². The van der Waals surface area contributed by atoms with Crippen LogP contribution in [-0.4, -0.2) is 26.0 Å². The first-order chi connectivity index (χ1) is 9.74. The highest BCUT2D eigenvalue weighted by molar-refractivity contribution is 5.75. The van der Waals surface area contributed by atoms with Crippen molar-refractivity contribution in [1.29, 1.82) is 0 Å². The van der Waals surface area contributed by atoms with E-state index in [0.717, 1.165) is 29.1 Å². The molecule has 1 aromatic carbocycles. The van der Waals surface area contributed by atoms with Gasteiger partial charge in [-0.2, -0.15) is 4.68 Å². The zero-order chi connectivity index (χ0) is 13.9. The molecule has 20 heavy (non-hydrogen) atoms. The topological polar surface area (TPSA) is 55.6 Å². The van der Waals surface area contributed by atoms with Gasteiger partial charge in [-0.15, -0.1) is 5.10 Å². The monoisotopic (exact) mass is 267 g/mol. The lowest BCUT2D eigenvalue weighted by atomic mass is 10.3. The summed E-state index contributed by atoms with van der Waals surface area (Å²) >= 11 is 0. The third-order valence-corrected chi connectivity index (χ3v) is 3.05. The largest absolute Gasteiger partial charge is 0.309 e. The van der Waals surface area contributed by atoms with E-state index in [-0.39, 0.29) is 0 Å². The van der Waals surface area contributed by atoms with Crippen LogP contribution in [0, 0.1) is 0 Å². The highest BCUT2D eigenvalue weighted by atomic mass is 15.4. The number of benzene rings is 1. The minimum Gasteiger partial charge on any atom is -0.309 e. The first kappa shape index (κ1) is 12.7. The molecule has 3 rings (SSSR count). The van der Waals surface area contributed by atoms with Crippen LogP contribution in [-0.2, 0) is 6.54 Å². The molecular formula is C15H17N5. The van der Waals surface area contributed by atoms with Crippen LogP contribution in [0.2, 0.25) is 0 Å². The molecule has 2 aromatic heterocycles. The Labute approximate surface area is 117 Å². The van der Waals surface area contributed by atoms with E-state index in [1.165, 1.54) is 0 Å². The van der Waals surface area contributed by atoms with Gasteiger partial charge in [0, 0.05) is 12.6 Å². The van der Waals surface area contributed by atoms with Crippen molar-refractivity contribution >= 4 is 11.0 Å². The normalized spacial score (nSPS) is 11.3. The van der Waals surface area contributed by atoms with Crippen LogP contribution in [0.15, 0.2) is 42.5 Å². The summed E-state index contributed by atoms with van der Waals surface area (Å²) in [6, 6.07) is 14.3. The van der Waals surface area contributed by atoms with Gasteiger partial charge in [-0.05, 0) is 24.3 Å². The maximum atomic E-state index is 4.64. The number of nitrogens with zero attached hydrogens (tertiary/aromatic N) is 4. The quantitative estimate of drug-likeness (QED) is 0.788. The molecule has 2 heterocycles.